The lowest BCUT2D eigenvalue weighted by molar-refractivity contribution is -0.122. The van der Waals surface area contributed by atoms with E-state index in [1.54, 1.807) is 12.1 Å². The molecule has 42 heavy (non-hydrogen) atoms. The summed E-state index contributed by atoms with van der Waals surface area (Å²) in [5, 5.41) is 21.4. The Labute approximate surface area is 252 Å². The number of benzene rings is 1. The number of nitriles is 1. The fourth-order valence-electron chi connectivity index (χ4n) is 7.22. The number of rotatable bonds is 6. The van der Waals surface area contributed by atoms with Crippen LogP contribution in [-0.4, -0.2) is 71.2 Å². The molecule has 1 aromatic heterocycles. The van der Waals surface area contributed by atoms with Crippen LogP contribution in [0.15, 0.2) is 24.3 Å². The standard InChI is InChI=1S/C32H39ClN6O3/c1-21-28(8-2-22(18-34)30(21)33)42-26-5-3-23(4-6-26)35-31(41)27-7-9-29(37-36-27)39-19-32(20-39)14-10-24(11-15-32)38-16-12-25(40)13-17-38/h2,7-9,23-24,26H,3-6,10-17,19-20H2,1H3,(H,35,41). The van der Waals surface area contributed by atoms with E-state index in [2.05, 4.69) is 31.4 Å². The Balaban J connectivity index is 0.933. The van der Waals surface area contributed by atoms with Gasteiger partial charge >= 0.3 is 0 Å². The van der Waals surface area contributed by atoms with E-state index in [0.717, 1.165) is 76.1 Å². The lowest BCUT2D eigenvalue weighted by atomic mass is 9.67. The van der Waals surface area contributed by atoms with E-state index in [0.29, 0.717) is 39.3 Å². The molecule has 6 rings (SSSR count). The maximum absolute atomic E-state index is 12.9. The van der Waals surface area contributed by atoms with E-state index in [-0.39, 0.29) is 18.1 Å². The number of nitrogens with one attached hydrogen (secondary N) is 1. The van der Waals surface area contributed by atoms with Gasteiger partial charge in [0, 0.05) is 62.1 Å². The number of hydrogen-bond donors (Lipinski definition) is 1. The zero-order chi connectivity index (χ0) is 29.3. The van der Waals surface area contributed by atoms with Crippen molar-refractivity contribution in [3.05, 3.63) is 46.1 Å². The number of nitrogens with zero attached hydrogens (tertiary/aromatic N) is 5. The number of carbonyl (C=O) groups is 2. The molecule has 2 aliphatic heterocycles. The maximum Gasteiger partial charge on any atom is 0.272 e. The molecule has 4 aliphatic rings. The van der Waals surface area contributed by atoms with Crippen LogP contribution in [0.3, 0.4) is 0 Å². The van der Waals surface area contributed by atoms with E-state index in [4.69, 9.17) is 21.6 Å². The van der Waals surface area contributed by atoms with Crippen molar-refractivity contribution < 1.29 is 14.3 Å². The summed E-state index contributed by atoms with van der Waals surface area (Å²) in [6.07, 6.45) is 9.63. The van der Waals surface area contributed by atoms with Crippen molar-refractivity contribution in [2.24, 2.45) is 5.41 Å². The summed E-state index contributed by atoms with van der Waals surface area (Å²) in [6, 6.07) is 9.99. The number of Topliss-reactive ketones (excluding diaryl/α,β-unsaturated/α-hetero) is 1. The van der Waals surface area contributed by atoms with Crippen LogP contribution in [0.4, 0.5) is 5.82 Å². The van der Waals surface area contributed by atoms with Crippen LogP contribution in [0, 0.1) is 23.7 Å². The molecule has 0 bridgehead atoms. The smallest absolute Gasteiger partial charge is 0.272 e. The molecule has 1 spiro atoms. The summed E-state index contributed by atoms with van der Waals surface area (Å²) in [6.45, 7) is 5.73. The summed E-state index contributed by atoms with van der Waals surface area (Å²) < 4.78 is 6.19. The molecule has 0 unspecified atom stereocenters. The third-order valence-electron chi connectivity index (χ3n) is 9.91. The first kappa shape index (κ1) is 28.9. The lowest BCUT2D eigenvalue weighted by Gasteiger charge is -2.55. The van der Waals surface area contributed by atoms with Crippen LogP contribution < -0.4 is 15.0 Å². The molecule has 1 amide bonds. The number of piperidine rings is 1. The first-order valence-electron chi connectivity index (χ1n) is 15.3. The predicted octanol–water partition coefficient (Wildman–Crippen LogP) is 4.84. The van der Waals surface area contributed by atoms with Gasteiger partial charge in [0.2, 0.25) is 0 Å². The van der Waals surface area contributed by atoms with E-state index < -0.39 is 0 Å². The highest BCUT2D eigenvalue weighted by Crippen LogP contribution is 2.46. The fraction of sp³-hybridized carbons (Fsp3) is 0.594. The Morgan fingerprint density at radius 3 is 2.40 bits per heavy atom. The van der Waals surface area contributed by atoms with Gasteiger partial charge in [-0.05, 0) is 82.6 Å². The first-order valence-corrected chi connectivity index (χ1v) is 15.7. The Hall–Kier alpha value is -3.22. The number of anilines is 1. The second-order valence-corrected chi connectivity index (χ2v) is 13.0. The van der Waals surface area contributed by atoms with Crippen LogP contribution in [0.2, 0.25) is 5.02 Å². The number of amides is 1. The molecule has 2 saturated heterocycles. The van der Waals surface area contributed by atoms with Gasteiger partial charge < -0.3 is 15.0 Å². The van der Waals surface area contributed by atoms with Gasteiger partial charge in [0.1, 0.15) is 17.6 Å². The zero-order valence-corrected chi connectivity index (χ0v) is 25.0. The summed E-state index contributed by atoms with van der Waals surface area (Å²) in [4.78, 5) is 29.3. The molecule has 1 N–H and O–H groups in total. The quantitative estimate of drug-likeness (QED) is 0.508. The molecule has 10 heteroatoms. The summed E-state index contributed by atoms with van der Waals surface area (Å²) in [7, 11) is 0. The molecule has 2 saturated carbocycles. The normalized spacial score (nSPS) is 24.6. The second kappa shape index (κ2) is 12.2. The van der Waals surface area contributed by atoms with Gasteiger partial charge in [-0.25, -0.2) is 0 Å². The Morgan fingerprint density at radius 2 is 1.76 bits per heavy atom. The number of aromatic nitrogens is 2. The molecular formula is C32H39ClN6O3. The predicted molar refractivity (Wildman–Crippen MR) is 160 cm³/mol. The molecule has 0 radical (unpaired) electrons. The molecule has 222 valence electrons. The minimum absolute atomic E-state index is 0.0465. The van der Waals surface area contributed by atoms with Gasteiger partial charge in [-0.1, -0.05) is 11.6 Å². The van der Waals surface area contributed by atoms with Crippen LogP contribution in [0.25, 0.3) is 0 Å². The summed E-state index contributed by atoms with van der Waals surface area (Å²) in [5.74, 6) is 1.77. The van der Waals surface area contributed by atoms with Crippen molar-refractivity contribution in [2.45, 2.75) is 89.3 Å². The molecule has 9 nitrogen and oxygen atoms in total. The van der Waals surface area contributed by atoms with E-state index in [1.807, 2.05) is 19.1 Å². The number of halogens is 1. The third-order valence-corrected chi connectivity index (χ3v) is 10.4. The Kier molecular flexibility index (Phi) is 8.37. The van der Waals surface area contributed by atoms with Crippen LogP contribution in [0.1, 0.15) is 85.8 Å². The average molecular weight is 591 g/mol. The van der Waals surface area contributed by atoms with Crippen molar-refractivity contribution >= 4 is 29.1 Å². The van der Waals surface area contributed by atoms with Gasteiger partial charge in [0.05, 0.1) is 16.7 Å². The Bertz CT molecular complexity index is 1340. The summed E-state index contributed by atoms with van der Waals surface area (Å²) >= 11 is 6.29. The molecule has 1 aromatic carbocycles. The molecule has 2 aliphatic carbocycles. The number of hydrogen-bond acceptors (Lipinski definition) is 8. The Morgan fingerprint density at radius 1 is 1.05 bits per heavy atom. The van der Waals surface area contributed by atoms with Crippen molar-refractivity contribution in [3.63, 3.8) is 0 Å². The average Bonchev–Trinajstić information content (AvgIpc) is 3.00. The molecule has 2 aromatic rings. The van der Waals surface area contributed by atoms with E-state index in [1.165, 1.54) is 25.7 Å². The highest BCUT2D eigenvalue weighted by atomic mass is 35.5. The molecule has 0 atom stereocenters. The van der Waals surface area contributed by atoms with E-state index >= 15 is 0 Å². The van der Waals surface area contributed by atoms with Gasteiger partial charge in [0.15, 0.2) is 11.5 Å². The number of ketones is 1. The van der Waals surface area contributed by atoms with Crippen molar-refractivity contribution in [3.8, 4) is 11.8 Å². The minimum Gasteiger partial charge on any atom is -0.490 e. The van der Waals surface area contributed by atoms with Crippen LogP contribution in [0.5, 0.6) is 5.75 Å². The topological polar surface area (TPSA) is 111 Å². The SMILES string of the molecule is Cc1c(OC2CCC(NC(=O)c3ccc(N4CC5(CCC(N6CCC(=O)CC6)CC5)C4)nn3)CC2)ccc(C#N)c1Cl. The van der Waals surface area contributed by atoms with Crippen molar-refractivity contribution in [2.75, 3.05) is 31.1 Å². The highest BCUT2D eigenvalue weighted by molar-refractivity contribution is 6.32. The minimum atomic E-state index is -0.189. The highest BCUT2D eigenvalue weighted by Gasteiger charge is 2.46. The van der Waals surface area contributed by atoms with Gasteiger partial charge in [-0.2, -0.15) is 5.26 Å². The first-order chi connectivity index (χ1) is 20.3. The van der Waals surface area contributed by atoms with E-state index in [9.17, 15) is 9.59 Å². The van der Waals surface area contributed by atoms with Crippen LogP contribution in [-0.2, 0) is 4.79 Å². The third kappa shape index (κ3) is 6.11. The summed E-state index contributed by atoms with van der Waals surface area (Å²) in [5.41, 5.74) is 1.94. The largest absolute Gasteiger partial charge is 0.490 e. The zero-order valence-electron chi connectivity index (χ0n) is 24.3. The molecular weight excluding hydrogens is 552 g/mol. The number of carbonyl (C=O) groups excluding carboxylic acids is 2. The monoisotopic (exact) mass is 590 g/mol. The fourth-order valence-corrected chi connectivity index (χ4v) is 7.42. The van der Waals surface area contributed by atoms with Crippen molar-refractivity contribution in [1.29, 1.82) is 5.26 Å². The molecule has 3 heterocycles. The molecule has 4 fully saturated rings. The van der Waals surface area contributed by atoms with Gasteiger partial charge in [0.25, 0.3) is 5.91 Å². The maximum atomic E-state index is 12.9. The van der Waals surface area contributed by atoms with Crippen LogP contribution >= 0.6 is 11.6 Å². The number of likely N-dealkylation sites (tertiary alicyclic amines) is 1. The second-order valence-electron chi connectivity index (χ2n) is 12.7. The lowest BCUT2D eigenvalue weighted by Crippen LogP contribution is -2.59. The van der Waals surface area contributed by atoms with Gasteiger partial charge in [-0.3, -0.25) is 14.5 Å². The number of ether oxygens (including phenoxy) is 1. The van der Waals surface area contributed by atoms with Gasteiger partial charge in [-0.15, -0.1) is 10.2 Å². The van der Waals surface area contributed by atoms with Crippen molar-refractivity contribution in [1.82, 2.24) is 20.4 Å².